The number of nitrogens with two attached hydrogens (primary N) is 1. The van der Waals surface area contributed by atoms with E-state index in [1.54, 1.807) is 12.1 Å². The summed E-state index contributed by atoms with van der Waals surface area (Å²) in [5, 5.41) is 0. The molecule has 3 nitrogen and oxygen atoms in total. The van der Waals surface area contributed by atoms with Gasteiger partial charge in [0.2, 0.25) is 0 Å². The van der Waals surface area contributed by atoms with E-state index in [9.17, 15) is 9.18 Å². The van der Waals surface area contributed by atoms with Crippen LogP contribution in [0.4, 0.5) is 10.1 Å². The number of benzene rings is 2. The summed E-state index contributed by atoms with van der Waals surface area (Å²) in [5.74, 6) is -0.304. The minimum Gasteiger partial charge on any atom is -0.496 e. The standard InChI is InChI=1S/C14H11FINO2/c1-19-13-5-3-9(16)7-10(13)14(18)8-2-4-11(15)12(17)6-8/h2-7H,17H2,1H3. The van der Waals surface area contributed by atoms with E-state index in [4.69, 9.17) is 10.5 Å². The number of hydrogen-bond acceptors (Lipinski definition) is 3. The second kappa shape index (κ2) is 5.56. The Morgan fingerprint density at radius 3 is 2.63 bits per heavy atom. The van der Waals surface area contributed by atoms with Crippen molar-refractivity contribution in [2.75, 3.05) is 12.8 Å². The number of nitrogen functional groups attached to an aromatic ring is 1. The summed E-state index contributed by atoms with van der Waals surface area (Å²) >= 11 is 2.11. The van der Waals surface area contributed by atoms with E-state index >= 15 is 0 Å². The highest BCUT2D eigenvalue weighted by molar-refractivity contribution is 14.1. The number of ether oxygens (including phenoxy) is 1. The summed E-state index contributed by atoms with van der Waals surface area (Å²) in [4.78, 5) is 12.4. The van der Waals surface area contributed by atoms with Crippen LogP contribution in [-0.2, 0) is 0 Å². The van der Waals surface area contributed by atoms with E-state index < -0.39 is 5.82 Å². The molecule has 0 atom stereocenters. The van der Waals surface area contributed by atoms with E-state index in [2.05, 4.69) is 22.6 Å². The first-order chi connectivity index (χ1) is 9.02. The van der Waals surface area contributed by atoms with Crippen LogP contribution >= 0.6 is 22.6 Å². The van der Waals surface area contributed by atoms with E-state index in [1.165, 1.54) is 25.3 Å². The minimum absolute atomic E-state index is 0.0459. The van der Waals surface area contributed by atoms with Crippen molar-refractivity contribution >= 4 is 34.1 Å². The Labute approximate surface area is 123 Å². The molecule has 0 saturated carbocycles. The van der Waals surface area contributed by atoms with Crippen molar-refractivity contribution in [3.8, 4) is 5.75 Å². The minimum atomic E-state index is -0.536. The van der Waals surface area contributed by atoms with Crippen LogP contribution < -0.4 is 10.5 Å². The average Bonchev–Trinajstić information content (AvgIpc) is 2.41. The Morgan fingerprint density at radius 2 is 2.00 bits per heavy atom. The first kappa shape index (κ1) is 13.8. The molecule has 0 amide bonds. The lowest BCUT2D eigenvalue weighted by Gasteiger charge is -2.09. The third-order valence-corrected chi connectivity index (χ3v) is 3.34. The van der Waals surface area contributed by atoms with Gasteiger partial charge in [-0.25, -0.2) is 4.39 Å². The Bertz CT molecular complexity index is 643. The van der Waals surface area contributed by atoms with Gasteiger partial charge in [0.1, 0.15) is 11.6 Å². The lowest BCUT2D eigenvalue weighted by molar-refractivity contribution is 0.103. The molecular weight excluding hydrogens is 360 g/mol. The monoisotopic (exact) mass is 371 g/mol. The SMILES string of the molecule is COc1ccc(I)cc1C(=O)c1ccc(F)c(N)c1. The molecule has 0 saturated heterocycles. The van der Waals surface area contributed by atoms with Crippen molar-refractivity contribution < 1.29 is 13.9 Å². The zero-order valence-electron chi connectivity index (χ0n) is 10.1. The average molecular weight is 371 g/mol. The molecule has 0 heterocycles. The van der Waals surface area contributed by atoms with Gasteiger partial charge in [0.05, 0.1) is 18.4 Å². The second-order valence-corrected chi connectivity index (χ2v) is 5.16. The first-order valence-corrected chi connectivity index (χ1v) is 6.54. The summed E-state index contributed by atoms with van der Waals surface area (Å²) in [5.41, 5.74) is 6.19. The zero-order valence-corrected chi connectivity index (χ0v) is 12.3. The quantitative estimate of drug-likeness (QED) is 0.512. The third-order valence-electron chi connectivity index (χ3n) is 2.66. The van der Waals surface area contributed by atoms with Gasteiger partial charge in [-0.2, -0.15) is 0 Å². The molecular formula is C14H11FINO2. The van der Waals surface area contributed by atoms with Gasteiger partial charge in [-0.15, -0.1) is 0 Å². The molecule has 0 aromatic heterocycles. The predicted octanol–water partition coefficient (Wildman–Crippen LogP) is 3.25. The summed E-state index contributed by atoms with van der Waals surface area (Å²) in [6, 6.07) is 9.21. The van der Waals surface area contributed by atoms with E-state index in [-0.39, 0.29) is 11.5 Å². The number of carbonyl (C=O) groups excluding carboxylic acids is 1. The van der Waals surface area contributed by atoms with Crippen LogP contribution in [0.15, 0.2) is 36.4 Å². The molecule has 0 unspecified atom stereocenters. The Kier molecular flexibility index (Phi) is 4.04. The van der Waals surface area contributed by atoms with Gasteiger partial charge in [0.25, 0.3) is 0 Å². The third kappa shape index (κ3) is 2.86. The Morgan fingerprint density at radius 1 is 1.26 bits per heavy atom. The van der Waals surface area contributed by atoms with Crippen LogP contribution in [0.2, 0.25) is 0 Å². The summed E-state index contributed by atoms with van der Waals surface area (Å²) in [6.45, 7) is 0. The topological polar surface area (TPSA) is 52.3 Å². The number of carbonyl (C=O) groups is 1. The van der Waals surface area contributed by atoms with Gasteiger partial charge >= 0.3 is 0 Å². The summed E-state index contributed by atoms with van der Waals surface area (Å²) in [6.07, 6.45) is 0. The highest BCUT2D eigenvalue weighted by Gasteiger charge is 2.16. The maximum Gasteiger partial charge on any atom is 0.196 e. The van der Waals surface area contributed by atoms with E-state index in [0.29, 0.717) is 16.9 Å². The van der Waals surface area contributed by atoms with Gasteiger partial charge in [0.15, 0.2) is 5.78 Å². The number of anilines is 1. The van der Waals surface area contributed by atoms with Crippen LogP contribution in [0.25, 0.3) is 0 Å². The number of halogens is 2. The smallest absolute Gasteiger partial charge is 0.196 e. The van der Waals surface area contributed by atoms with E-state index in [0.717, 1.165) is 3.57 Å². The van der Waals surface area contributed by atoms with Crippen LogP contribution in [0.5, 0.6) is 5.75 Å². The number of rotatable bonds is 3. The van der Waals surface area contributed by atoms with Crippen LogP contribution in [0, 0.1) is 9.39 Å². The van der Waals surface area contributed by atoms with Crippen molar-refractivity contribution in [1.29, 1.82) is 0 Å². The fourth-order valence-electron chi connectivity index (χ4n) is 1.70. The number of hydrogen-bond donors (Lipinski definition) is 1. The lowest BCUT2D eigenvalue weighted by atomic mass is 10.0. The van der Waals surface area contributed by atoms with Crippen molar-refractivity contribution in [1.82, 2.24) is 0 Å². The normalized spacial score (nSPS) is 10.3. The molecule has 5 heteroatoms. The van der Waals surface area contributed by atoms with Gasteiger partial charge in [-0.1, -0.05) is 0 Å². The maximum absolute atomic E-state index is 13.1. The van der Waals surface area contributed by atoms with Crippen LogP contribution in [0.3, 0.4) is 0 Å². The largest absolute Gasteiger partial charge is 0.496 e. The first-order valence-electron chi connectivity index (χ1n) is 5.46. The summed E-state index contributed by atoms with van der Waals surface area (Å²) in [7, 11) is 1.50. The Balaban J connectivity index is 2.49. The molecule has 0 spiro atoms. The maximum atomic E-state index is 13.1. The molecule has 0 aliphatic heterocycles. The van der Waals surface area contributed by atoms with Gasteiger partial charge in [0, 0.05) is 9.13 Å². The molecule has 0 radical (unpaired) electrons. The molecule has 19 heavy (non-hydrogen) atoms. The Hall–Kier alpha value is -1.63. The fourth-order valence-corrected chi connectivity index (χ4v) is 2.19. The van der Waals surface area contributed by atoms with Crippen LogP contribution in [0.1, 0.15) is 15.9 Å². The fraction of sp³-hybridized carbons (Fsp3) is 0.0714. The highest BCUT2D eigenvalue weighted by atomic mass is 127. The molecule has 2 rings (SSSR count). The molecule has 2 N–H and O–H groups in total. The van der Waals surface area contributed by atoms with Gasteiger partial charge in [-0.3, -0.25) is 4.79 Å². The molecule has 2 aromatic carbocycles. The van der Waals surface area contributed by atoms with Gasteiger partial charge < -0.3 is 10.5 Å². The predicted molar refractivity (Wildman–Crippen MR) is 80.0 cm³/mol. The molecule has 2 aromatic rings. The zero-order chi connectivity index (χ0) is 14.0. The summed E-state index contributed by atoms with van der Waals surface area (Å²) < 4.78 is 19.2. The lowest BCUT2D eigenvalue weighted by Crippen LogP contribution is -2.05. The van der Waals surface area contributed by atoms with Gasteiger partial charge in [-0.05, 0) is 59.0 Å². The van der Waals surface area contributed by atoms with Crippen LogP contribution in [-0.4, -0.2) is 12.9 Å². The molecule has 0 bridgehead atoms. The van der Waals surface area contributed by atoms with E-state index in [1.807, 2.05) is 6.07 Å². The highest BCUT2D eigenvalue weighted by Crippen LogP contribution is 2.25. The van der Waals surface area contributed by atoms with Crippen molar-refractivity contribution in [2.24, 2.45) is 0 Å². The second-order valence-electron chi connectivity index (χ2n) is 3.91. The number of ketones is 1. The van der Waals surface area contributed by atoms with Crippen molar-refractivity contribution in [2.45, 2.75) is 0 Å². The van der Waals surface area contributed by atoms with Crippen molar-refractivity contribution in [3.05, 3.63) is 56.9 Å². The number of methoxy groups -OCH3 is 1. The molecule has 98 valence electrons. The molecule has 0 aliphatic carbocycles. The van der Waals surface area contributed by atoms with Crippen molar-refractivity contribution in [3.63, 3.8) is 0 Å². The molecule has 0 aliphatic rings. The molecule has 0 fully saturated rings.